The van der Waals surface area contributed by atoms with Gasteiger partial charge in [0.1, 0.15) is 18.0 Å². The molecule has 9 nitrogen and oxygen atoms in total. The van der Waals surface area contributed by atoms with Crippen LogP contribution in [0.25, 0.3) is 0 Å². The predicted molar refractivity (Wildman–Crippen MR) is 153 cm³/mol. The minimum Gasteiger partial charge on any atom is -0.508 e. The molecule has 0 aliphatic rings. The van der Waals surface area contributed by atoms with Crippen molar-refractivity contribution in [1.29, 1.82) is 0 Å². The highest BCUT2D eigenvalue weighted by atomic mass is 16.5. The summed E-state index contributed by atoms with van der Waals surface area (Å²) in [6, 6.07) is 17.3. The molecule has 0 radical (unpaired) electrons. The number of ether oxygens (including phenoxy) is 1. The Morgan fingerprint density at radius 3 is 1.90 bits per heavy atom. The molecule has 0 aromatic heterocycles. The first-order valence-electron chi connectivity index (χ1n) is 12.7. The lowest BCUT2D eigenvalue weighted by Gasteiger charge is -2.33. The highest BCUT2D eigenvalue weighted by Gasteiger charge is 2.42. The summed E-state index contributed by atoms with van der Waals surface area (Å²) < 4.78 is 5.31. The van der Waals surface area contributed by atoms with Crippen LogP contribution in [0.1, 0.15) is 40.9 Å². The van der Waals surface area contributed by atoms with Crippen molar-refractivity contribution < 1.29 is 34.8 Å². The first-order valence-corrected chi connectivity index (χ1v) is 12.7. The molecule has 1 amide bonds. The molecule has 0 saturated heterocycles. The van der Waals surface area contributed by atoms with Gasteiger partial charge in [-0.2, -0.15) is 0 Å². The number of rotatable bonds is 9. The number of carbonyl (C=O) groups excluding carboxylic acids is 2. The number of amides is 1. The summed E-state index contributed by atoms with van der Waals surface area (Å²) in [5, 5.41) is 42.6. The van der Waals surface area contributed by atoms with Crippen molar-refractivity contribution in [2.75, 3.05) is 25.6 Å². The van der Waals surface area contributed by atoms with Gasteiger partial charge in [-0.3, -0.25) is 4.79 Å². The second kappa shape index (κ2) is 13.5. The number of aliphatic hydroxyl groups excluding tert-OH is 2. The summed E-state index contributed by atoms with van der Waals surface area (Å²) in [6.45, 7) is 1.58. The minimum absolute atomic E-state index is 0.0474. The Kier molecular flexibility index (Phi) is 10.1. The van der Waals surface area contributed by atoms with Crippen molar-refractivity contribution in [2.24, 2.45) is 5.41 Å². The number of esters is 1. The zero-order chi connectivity index (χ0) is 30.0. The number of phenolic OH excluding ortho intramolecular Hbond substituents is 1. The van der Waals surface area contributed by atoms with Crippen LogP contribution in [0.2, 0.25) is 0 Å². The molecule has 0 heterocycles. The zero-order valence-corrected chi connectivity index (χ0v) is 22.7. The lowest BCUT2D eigenvalue weighted by Crippen LogP contribution is -2.55. The molecule has 3 aromatic carbocycles. The van der Waals surface area contributed by atoms with Gasteiger partial charge in [0.05, 0.1) is 13.2 Å². The lowest BCUT2D eigenvalue weighted by atomic mass is 9.87. The van der Waals surface area contributed by atoms with Crippen molar-refractivity contribution in [3.05, 3.63) is 95.1 Å². The fourth-order valence-corrected chi connectivity index (χ4v) is 3.56. The summed E-state index contributed by atoms with van der Waals surface area (Å²) in [5.74, 6) is 9.61. The molecule has 3 aromatic rings. The smallest absolute Gasteiger partial charge is 0.332 e. The second-order valence-corrected chi connectivity index (χ2v) is 10.0. The molecular weight excluding hydrogens is 524 g/mol. The minimum atomic E-state index is -1.95. The molecule has 1 unspecified atom stereocenters. The molecule has 0 aliphatic heterocycles. The van der Waals surface area contributed by atoms with Crippen molar-refractivity contribution in [1.82, 2.24) is 5.32 Å². The maximum Gasteiger partial charge on any atom is 0.332 e. The molecule has 9 heteroatoms. The molecule has 212 valence electrons. The Morgan fingerprint density at radius 1 is 0.878 bits per heavy atom. The van der Waals surface area contributed by atoms with E-state index in [1.165, 1.54) is 50.2 Å². The SMILES string of the molecule is CC(CO)(CO)COC(=O)[C@@H](NC(=O)c1ccc(C#CC#Cc2ccc(N)cc2)cc1)C(C)(O)c1ccc(O)cc1. The summed E-state index contributed by atoms with van der Waals surface area (Å²) in [6.07, 6.45) is 0. The number of phenols is 1. The Labute approximate surface area is 238 Å². The molecule has 7 N–H and O–H groups in total. The van der Waals surface area contributed by atoms with E-state index in [1.54, 1.807) is 36.4 Å². The standard InChI is InChI=1S/C32H32N2O7/c1-31(19-35,20-36)21-41-30(39)28(32(2,40)25-13-17-27(37)18-14-25)34-29(38)24-11-7-22(8-12-24)5-3-4-6-23-9-15-26(33)16-10-23/h7-18,28,35-37,40H,19-21,33H2,1-2H3,(H,34,38)/t28-,32?/m1/s1. The molecule has 0 spiro atoms. The predicted octanol–water partition coefficient (Wildman–Crippen LogP) is 1.92. The van der Waals surface area contributed by atoms with Crippen molar-refractivity contribution in [3.63, 3.8) is 0 Å². The van der Waals surface area contributed by atoms with Gasteiger partial charge < -0.3 is 36.2 Å². The number of aliphatic hydroxyl groups is 3. The van der Waals surface area contributed by atoms with Gasteiger partial charge in [-0.05, 0) is 85.0 Å². The average Bonchev–Trinajstić information content (AvgIpc) is 2.98. The van der Waals surface area contributed by atoms with Crippen LogP contribution >= 0.6 is 0 Å². The fourth-order valence-electron chi connectivity index (χ4n) is 3.56. The van der Waals surface area contributed by atoms with Crippen molar-refractivity contribution in [2.45, 2.75) is 25.5 Å². The first-order chi connectivity index (χ1) is 19.5. The molecule has 0 aliphatic carbocycles. The number of nitrogens with two attached hydrogens (primary N) is 1. The number of aromatic hydroxyl groups is 1. The van der Waals surface area contributed by atoms with Crippen LogP contribution in [-0.4, -0.2) is 58.2 Å². The van der Waals surface area contributed by atoms with E-state index in [-0.39, 0.29) is 23.5 Å². The maximum absolute atomic E-state index is 13.1. The first kappa shape index (κ1) is 30.7. The van der Waals surface area contributed by atoms with Crippen LogP contribution < -0.4 is 11.1 Å². The number of nitrogen functional groups attached to an aromatic ring is 1. The van der Waals surface area contributed by atoms with Crippen LogP contribution in [0.4, 0.5) is 5.69 Å². The number of nitrogens with one attached hydrogen (secondary N) is 1. The third-order valence-corrected chi connectivity index (χ3v) is 6.39. The molecule has 0 bridgehead atoms. The van der Waals surface area contributed by atoms with Gasteiger partial charge in [0.2, 0.25) is 0 Å². The van der Waals surface area contributed by atoms with E-state index < -0.39 is 42.1 Å². The second-order valence-electron chi connectivity index (χ2n) is 10.0. The largest absolute Gasteiger partial charge is 0.508 e. The maximum atomic E-state index is 13.1. The van der Waals surface area contributed by atoms with E-state index in [0.29, 0.717) is 11.3 Å². The van der Waals surface area contributed by atoms with Gasteiger partial charge >= 0.3 is 5.97 Å². The van der Waals surface area contributed by atoms with Gasteiger partial charge in [-0.15, -0.1) is 0 Å². The Balaban J connectivity index is 1.78. The molecule has 3 rings (SSSR count). The van der Waals surface area contributed by atoms with E-state index in [1.807, 2.05) is 0 Å². The average molecular weight is 557 g/mol. The van der Waals surface area contributed by atoms with Crippen LogP contribution in [0.3, 0.4) is 0 Å². The third kappa shape index (κ3) is 8.34. The zero-order valence-electron chi connectivity index (χ0n) is 22.7. The third-order valence-electron chi connectivity index (χ3n) is 6.39. The number of carbonyl (C=O) groups is 2. The summed E-state index contributed by atoms with van der Waals surface area (Å²) in [4.78, 5) is 26.3. The Hall–Kier alpha value is -4.80. The topological polar surface area (TPSA) is 162 Å². The lowest BCUT2D eigenvalue weighted by molar-refractivity contribution is -0.158. The van der Waals surface area contributed by atoms with Gasteiger partial charge in [-0.1, -0.05) is 30.9 Å². The molecule has 41 heavy (non-hydrogen) atoms. The van der Waals surface area contributed by atoms with E-state index in [4.69, 9.17) is 10.5 Å². The summed E-state index contributed by atoms with van der Waals surface area (Å²) in [5.41, 5.74) is 5.03. The van der Waals surface area contributed by atoms with Gasteiger partial charge in [-0.25, -0.2) is 4.79 Å². The Morgan fingerprint density at radius 2 is 1.39 bits per heavy atom. The molecule has 0 fully saturated rings. The monoisotopic (exact) mass is 556 g/mol. The van der Waals surface area contributed by atoms with Crippen molar-refractivity contribution >= 4 is 17.6 Å². The van der Waals surface area contributed by atoms with E-state index in [9.17, 15) is 30.0 Å². The van der Waals surface area contributed by atoms with Gasteiger partial charge in [0.15, 0.2) is 6.04 Å². The van der Waals surface area contributed by atoms with E-state index >= 15 is 0 Å². The fraction of sp³-hybridized carbons (Fsp3) is 0.250. The van der Waals surface area contributed by atoms with Crippen LogP contribution in [0, 0.1) is 29.1 Å². The van der Waals surface area contributed by atoms with Gasteiger partial charge in [0, 0.05) is 27.8 Å². The number of benzene rings is 3. The van der Waals surface area contributed by atoms with E-state index in [2.05, 4.69) is 29.0 Å². The highest BCUT2D eigenvalue weighted by molar-refractivity contribution is 5.97. The highest BCUT2D eigenvalue weighted by Crippen LogP contribution is 2.28. The molecular formula is C32H32N2O7. The van der Waals surface area contributed by atoms with Gasteiger partial charge in [0.25, 0.3) is 5.91 Å². The quantitative estimate of drug-likeness (QED) is 0.132. The number of anilines is 1. The van der Waals surface area contributed by atoms with Crippen LogP contribution in [-0.2, 0) is 15.1 Å². The normalized spacial score (nSPS) is 12.9. The number of hydrogen-bond donors (Lipinski definition) is 6. The summed E-state index contributed by atoms with van der Waals surface area (Å²) >= 11 is 0. The van der Waals surface area contributed by atoms with E-state index in [0.717, 1.165) is 5.56 Å². The molecule has 0 saturated carbocycles. The van der Waals surface area contributed by atoms with Crippen LogP contribution in [0.15, 0.2) is 72.8 Å². The van der Waals surface area contributed by atoms with Crippen LogP contribution in [0.5, 0.6) is 5.75 Å². The van der Waals surface area contributed by atoms with Crippen molar-refractivity contribution in [3.8, 4) is 29.4 Å². The number of hydrogen-bond acceptors (Lipinski definition) is 8. The molecule has 2 atom stereocenters. The summed E-state index contributed by atoms with van der Waals surface area (Å²) in [7, 11) is 0. The Bertz CT molecular complexity index is 1470.